The van der Waals surface area contributed by atoms with Gasteiger partial charge < -0.3 is 0 Å². The maximum Gasteiger partial charge on any atom is 0.278 e. The highest BCUT2D eigenvalue weighted by atomic mass is 32.2. The molecule has 0 radical (unpaired) electrons. The van der Waals surface area contributed by atoms with Gasteiger partial charge in [-0.2, -0.15) is 5.10 Å². The van der Waals surface area contributed by atoms with E-state index in [0.717, 1.165) is 11.3 Å². The number of nitro benzene ring substituents is 1. The molecule has 0 spiro atoms. The van der Waals surface area contributed by atoms with Crippen LogP contribution in [0.1, 0.15) is 5.56 Å². The molecule has 0 unspecified atom stereocenters. The van der Waals surface area contributed by atoms with Gasteiger partial charge in [0, 0.05) is 17.3 Å². The Balaban J connectivity index is 1.48. The second-order valence-electron chi connectivity index (χ2n) is 6.74. The lowest BCUT2D eigenvalue weighted by Gasteiger charge is -2.10. The standard InChI is InChI=1S/C23H18N6O3S/c30-21(25-24-15-18-11-7-8-14-20(18)29(31)32)16-33-23-27-26-22(17-9-3-1-4-10-17)28(23)19-12-5-2-6-13-19/h1-15H,16H2,(H,25,30). The number of rotatable bonds is 8. The van der Waals surface area contributed by atoms with Crippen LogP contribution < -0.4 is 5.43 Å². The van der Waals surface area contributed by atoms with E-state index < -0.39 is 4.92 Å². The van der Waals surface area contributed by atoms with Crippen molar-refractivity contribution in [3.05, 3.63) is 101 Å². The fraction of sp³-hybridized carbons (Fsp3) is 0.0435. The Hall–Kier alpha value is -4.31. The Labute approximate surface area is 193 Å². The highest BCUT2D eigenvalue weighted by Crippen LogP contribution is 2.27. The topological polar surface area (TPSA) is 115 Å². The molecule has 164 valence electrons. The minimum Gasteiger partial charge on any atom is -0.272 e. The SMILES string of the molecule is O=C(CSc1nnc(-c2ccccc2)n1-c1ccccc1)NN=Cc1ccccc1[N+](=O)[O-]. The number of aromatic nitrogens is 3. The van der Waals surface area contributed by atoms with Crippen molar-refractivity contribution in [3.63, 3.8) is 0 Å². The van der Waals surface area contributed by atoms with E-state index in [0.29, 0.717) is 16.5 Å². The molecule has 0 bridgehead atoms. The van der Waals surface area contributed by atoms with E-state index in [1.54, 1.807) is 18.2 Å². The summed E-state index contributed by atoms with van der Waals surface area (Å²) in [4.78, 5) is 22.9. The van der Waals surface area contributed by atoms with Crippen LogP contribution in [-0.4, -0.2) is 37.6 Å². The molecule has 0 atom stereocenters. The summed E-state index contributed by atoms with van der Waals surface area (Å²) < 4.78 is 1.89. The fourth-order valence-electron chi connectivity index (χ4n) is 3.05. The molecule has 0 saturated carbocycles. The molecule has 0 saturated heterocycles. The molecule has 0 aliphatic carbocycles. The van der Waals surface area contributed by atoms with E-state index in [9.17, 15) is 14.9 Å². The van der Waals surface area contributed by atoms with Gasteiger partial charge in [0.25, 0.3) is 11.6 Å². The van der Waals surface area contributed by atoms with E-state index in [4.69, 9.17) is 0 Å². The number of nitrogens with zero attached hydrogens (tertiary/aromatic N) is 5. The third-order valence-electron chi connectivity index (χ3n) is 4.54. The van der Waals surface area contributed by atoms with Gasteiger partial charge in [-0.25, -0.2) is 5.43 Å². The number of amides is 1. The second kappa shape index (κ2) is 10.3. The molecular weight excluding hydrogens is 440 g/mol. The summed E-state index contributed by atoms with van der Waals surface area (Å²) in [5.41, 5.74) is 4.38. The van der Waals surface area contributed by atoms with Crippen LogP contribution in [-0.2, 0) is 4.79 Å². The van der Waals surface area contributed by atoms with Crippen molar-refractivity contribution in [2.24, 2.45) is 5.10 Å². The minimum atomic E-state index is -0.500. The predicted molar refractivity (Wildman–Crippen MR) is 126 cm³/mol. The zero-order valence-electron chi connectivity index (χ0n) is 17.2. The van der Waals surface area contributed by atoms with E-state index >= 15 is 0 Å². The van der Waals surface area contributed by atoms with E-state index in [1.165, 1.54) is 24.0 Å². The van der Waals surface area contributed by atoms with Gasteiger partial charge in [0.1, 0.15) is 0 Å². The van der Waals surface area contributed by atoms with Gasteiger partial charge in [-0.3, -0.25) is 19.5 Å². The van der Waals surface area contributed by atoms with E-state index in [2.05, 4.69) is 20.7 Å². The lowest BCUT2D eigenvalue weighted by atomic mass is 10.2. The maximum absolute atomic E-state index is 12.3. The summed E-state index contributed by atoms with van der Waals surface area (Å²) >= 11 is 1.21. The van der Waals surface area contributed by atoms with Gasteiger partial charge in [-0.1, -0.05) is 72.4 Å². The van der Waals surface area contributed by atoms with Gasteiger partial charge in [-0.05, 0) is 18.2 Å². The first-order chi connectivity index (χ1) is 16.1. The van der Waals surface area contributed by atoms with Crippen LogP contribution in [0.5, 0.6) is 0 Å². The molecule has 1 aromatic heterocycles. The monoisotopic (exact) mass is 458 g/mol. The van der Waals surface area contributed by atoms with Crippen LogP contribution in [0.25, 0.3) is 17.1 Å². The average Bonchev–Trinajstić information content (AvgIpc) is 3.28. The average molecular weight is 459 g/mol. The van der Waals surface area contributed by atoms with Crippen LogP contribution in [0, 0.1) is 10.1 Å². The zero-order valence-corrected chi connectivity index (χ0v) is 18.1. The largest absolute Gasteiger partial charge is 0.278 e. The van der Waals surface area contributed by atoms with Gasteiger partial charge in [0.15, 0.2) is 11.0 Å². The van der Waals surface area contributed by atoms with Crippen molar-refractivity contribution in [1.29, 1.82) is 0 Å². The van der Waals surface area contributed by atoms with Crippen molar-refractivity contribution >= 4 is 29.6 Å². The van der Waals surface area contributed by atoms with E-state index in [-0.39, 0.29) is 17.3 Å². The summed E-state index contributed by atoms with van der Waals surface area (Å²) in [6.07, 6.45) is 1.25. The Morgan fingerprint density at radius 2 is 1.67 bits per heavy atom. The molecule has 1 heterocycles. The predicted octanol–water partition coefficient (Wildman–Crippen LogP) is 4.08. The maximum atomic E-state index is 12.3. The van der Waals surface area contributed by atoms with Crippen LogP contribution in [0.3, 0.4) is 0 Å². The first kappa shape index (κ1) is 21.9. The Kier molecular flexibility index (Phi) is 6.86. The van der Waals surface area contributed by atoms with Gasteiger partial charge in [0.05, 0.1) is 22.5 Å². The highest BCUT2D eigenvalue weighted by molar-refractivity contribution is 7.99. The first-order valence-corrected chi connectivity index (χ1v) is 10.9. The summed E-state index contributed by atoms with van der Waals surface area (Å²) in [7, 11) is 0. The molecule has 1 amide bonds. The molecule has 10 heteroatoms. The number of carbonyl (C=O) groups is 1. The number of benzene rings is 3. The van der Waals surface area contributed by atoms with Crippen molar-refractivity contribution < 1.29 is 9.72 Å². The molecule has 1 N–H and O–H groups in total. The van der Waals surface area contributed by atoms with Crippen molar-refractivity contribution in [2.75, 3.05) is 5.75 Å². The first-order valence-electron chi connectivity index (χ1n) is 9.88. The van der Waals surface area contributed by atoms with Crippen LogP contribution in [0.4, 0.5) is 5.69 Å². The smallest absolute Gasteiger partial charge is 0.272 e. The van der Waals surface area contributed by atoms with Crippen LogP contribution in [0.2, 0.25) is 0 Å². The van der Waals surface area contributed by atoms with Crippen LogP contribution in [0.15, 0.2) is 95.2 Å². The lowest BCUT2D eigenvalue weighted by Crippen LogP contribution is -2.20. The molecule has 0 aliphatic heterocycles. The van der Waals surface area contributed by atoms with Crippen LogP contribution >= 0.6 is 11.8 Å². The molecule has 0 aliphatic rings. The number of para-hydroxylation sites is 2. The minimum absolute atomic E-state index is 0.0357. The summed E-state index contributed by atoms with van der Waals surface area (Å²) in [6.45, 7) is 0. The molecule has 9 nitrogen and oxygen atoms in total. The molecule has 0 fully saturated rings. The summed E-state index contributed by atoms with van der Waals surface area (Å²) in [6, 6.07) is 25.5. The Morgan fingerprint density at radius 3 is 2.39 bits per heavy atom. The van der Waals surface area contributed by atoms with Gasteiger partial charge in [-0.15, -0.1) is 10.2 Å². The Bertz CT molecular complexity index is 1290. The molecule has 3 aromatic carbocycles. The third-order valence-corrected chi connectivity index (χ3v) is 5.47. The molecule has 4 aromatic rings. The van der Waals surface area contributed by atoms with Gasteiger partial charge >= 0.3 is 0 Å². The van der Waals surface area contributed by atoms with Gasteiger partial charge in [0.2, 0.25) is 0 Å². The number of nitrogens with one attached hydrogen (secondary N) is 1. The Morgan fingerprint density at radius 1 is 1.00 bits per heavy atom. The summed E-state index contributed by atoms with van der Waals surface area (Å²) in [5, 5.41) is 24.1. The van der Waals surface area contributed by atoms with E-state index in [1.807, 2.05) is 65.2 Å². The van der Waals surface area contributed by atoms with Crippen molar-refractivity contribution in [2.45, 2.75) is 5.16 Å². The lowest BCUT2D eigenvalue weighted by molar-refractivity contribution is -0.385. The number of carbonyl (C=O) groups excluding carboxylic acids is 1. The number of hydrogen-bond donors (Lipinski definition) is 1. The zero-order chi connectivity index (χ0) is 23.0. The highest BCUT2D eigenvalue weighted by Gasteiger charge is 2.17. The normalized spacial score (nSPS) is 10.9. The second-order valence-corrected chi connectivity index (χ2v) is 7.68. The number of thioether (sulfide) groups is 1. The number of hydrogen-bond acceptors (Lipinski definition) is 7. The fourth-order valence-corrected chi connectivity index (χ4v) is 3.79. The number of nitro groups is 1. The van der Waals surface area contributed by atoms with Crippen molar-refractivity contribution in [3.8, 4) is 17.1 Å². The quantitative estimate of drug-likeness (QED) is 0.184. The molecular formula is C23H18N6O3S. The molecule has 33 heavy (non-hydrogen) atoms. The molecule has 4 rings (SSSR count). The third kappa shape index (κ3) is 5.31. The van der Waals surface area contributed by atoms with Crippen molar-refractivity contribution in [1.82, 2.24) is 20.2 Å². The number of hydrazone groups is 1. The summed E-state index contributed by atoms with van der Waals surface area (Å²) in [5.74, 6) is 0.325.